The highest BCUT2D eigenvalue weighted by Gasteiger charge is 2.39. The van der Waals surface area contributed by atoms with Crippen LogP contribution in [0.4, 0.5) is 0 Å². The van der Waals surface area contributed by atoms with Crippen molar-refractivity contribution in [2.24, 2.45) is 5.10 Å². The van der Waals surface area contributed by atoms with E-state index in [0.29, 0.717) is 33.0 Å². The largest absolute Gasteiger partial charge is 0.493 e. The fraction of sp³-hybridized carbons (Fsp3) is 0.0690. The van der Waals surface area contributed by atoms with E-state index < -0.39 is 17.5 Å². The smallest absolute Gasteiger partial charge is 0.343 e. The summed E-state index contributed by atoms with van der Waals surface area (Å²) in [5, 5.41) is 16.0. The molecule has 0 aliphatic heterocycles. The summed E-state index contributed by atoms with van der Waals surface area (Å²) in [6.45, 7) is 0. The number of hydrogen-bond donors (Lipinski definition) is 2. The predicted octanol–water partition coefficient (Wildman–Crippen LogP) is 4.95. The molecule has 186 valence electrons. The number of nitrogens with zero attached hydrogens (tertiary/aromatic N) is 1. The quantitative estimate of drug-likeness (QED) is 0.150. The van der Waals surface area contributed by atoms with Crippen molar-refractivity contribution >= 4 is 29.7 Å². The van der Waals surface area contributed by atoms with Crippen LogP contribution in [0.3, 0.4) is 0 Å². The zero-order valence-electron chi connectivity index (χ0n) is 19.8. The zero-order valence-corrected chi connectivity index (χ0v) is 20.6. The fourth-order valence-corrected chi connectivity index (χ4v) is 3.75. The van der Waals surface area contributed by atoms with Crippen LogP contribution in [0.1, 0.15) is 27.0 Å². The fourth-order valence-electron chi connectivity index (χ4n) is 3.63. The number of halogens is 1. The molecule has 0 bridgehead atoms. The molecule has 4 rings (SSSR count). The summed E-state index contributed by atoms with van der Waals surface area (Å²) in [5.41, 5.74) is 2.18. The first kappa shape index (κ1) is 25.6. The Morgan fingerprint density at radius 1 is 0.865 bits per heavy atom. The van der Waals surface area contributed by atoms with E-state index in [-0.39, 0.29) is 5.75 Å². The number of esters is 1. The molecule has 0 spiro atoms. The van der Waals surface area contributed by atoms with E-state index in [1.807, 2.05) is 0 Å². The first-order valence-electron chi connectivity index (χ1n) is 11.2. The Morgan fingerprint density at radius 3 is 2.03 bits per heavy atom. The summed E-state index contributed by atoms with van der Waals surface area (Å²) in [6, 6.07) is 28.4. The second-order valence-corrected chi connectivity index (χ2v) is 8.38. The normalized spacial score (nSPS) is 11.2. The van der Waals surface area contributed by atoms with Crippen molar-refractivity contribution in [3.8, 4) is 11.5 Å². The lowest BCUT2D eigenvalue weighted by Gasteiger charge is -2.27. The summed E-state index contributed by atoms with van der Waals surface area (Å²) >= 11 is 5.87. The van der Waals surface area contributed by atoms with Gasteiger partial charge < -0.3 is 14.6 Å². The predicted molar refractivity (Wildman–Crippen MR) is 141 cm³/mol. The van der Waals surface area contributed by atoms with Crippen molar-refractivity contribution in [2.75, 3.05) is 7.11 Å². The number of hydrazone groups is 1. The maximum Gasteiger partial charge on any atom is 0.343 e. The molecule has 4 aromatic rings. The lowest BCUT2D eigenvalue weighted by Crippen LogP contribution is -2.43. The van der Waals surface area contributed by atoms with Crippen molar-refractivity contribution in [1.29, 1.82) is 0 Å². The highest BCUT2D eigenvalue weighted by Crippen LogP contribution is 2.30. The molecule has 0 unspecified atom stereocenters. The topological polar surface area (TPSA) is 97.2 Å². The molecule has 0 heterocycles. The molecular formula is C29H23ClN2O5. The lowest BCUT2D eigenvalue weighted by molar-refractivity contribution is -0.136. The van der Waals surface area contributed by atoms with Crippen molar-refractivity contribution in [3.63, 3.8) is 0 Å². The number of nitrogens with one attached hydrogen (secondary N) is 1. The first-order chi connectivity index (χ1) is 17.9. The summed E-state index contributed by atoms with van der Waals surface area (Å²) in [5.74, 6) is -0.778. The Morgan fingerprint density at radius 2 is 1.46 bits per heavy atom. The van der Waals surface area contributed by atoms with Crippen LogP contribution in [-0.4, -0.2) is 30.3 Å². The Balaban J connectivity index is 1.50. The van der Waals surface area contributed by atoms with Crippen LogP contribution in [0.5, 0.6) is 11.5 Å². The molecule has 0 atom stereocenters. The molecular weight excluding hydrogens is 492 g/mol. The van der Waals surface area contributed by atoms with Crippen LogP contribution in [0.15, 0.2) is 108 Å². The van der Waals surface area contributed by atoms with Gasteiger partial charge >= 0.3 is 5.97 Å². The molecule has 37 heavy (non-hydrogen) atoms. The summed E-state index contributed by atoms with van der Waals surface area (Å²) < 4.78 is 10.8. The second kappa shape index (κ2) is 11.5. The maximum atomic E-state index is 13.1. The number of aliphatic hydroxyl groups is 1. The van der Waals surface area contributed by atoms with Gasteiger partial charge in [-0.2, -0.15) is 5.10 Å². The van der Waals surface area contributed by atoms with Gasteiger partial charge in [-0.3, -0.25) is 4.79 Å². The molecule has 8 heteroatoms. The minimum absolute atomic E-state index is 0.214. The van der Waals surface area contributed by atoms with Gasteiger partial charge in [-0.05, 0) is 59.2 Å². The van der Waals surface area contributed by atoms with Gasteiger partial charge in [0.15, 0.2) is 17.1 Å². The maximum absolute atomic E-state index is 13.1. The Kier molecular flexibility index (Phi) is 7.98. The molecule has 0 saturated carbocycles. The lowest BCUT2D eigenvalue weighted by atomic mass is 9.85. The van der Waals surface area contributed by atoms with Gasteiger partial charge in [-0.25, -0.2) is 10.2 Å². The molecule has 0 saturated heterocycles. The van der Waals surface area contributed by atoms with Crippen molar-refractivity contribution in [1.82, 2.24) is 5.43 Å². The van der Waals surface area contributed by atoms with Crippen LogP contribution in [0, 0.1) is 0 Å². The van der Waals surface area contributed by atoms with Gasteiger partial charge in [0, 0.05) is 5.02 Å². The number of carbonyl (C=O) groups is 2. The van der Waals surface area contributed by atoms with E-state index in [2.05, 4.69) is 10.5 Å². The minimum atomic E-state index is -1.95. The van der Waals surface area contributed by atoms with E-state index in [9.17, 15) is 14.7 Å². The molecule has 7 nitrogen and oxygen atoms in total. The summed E-state index contributed by atoms with van der Waals surface area (Å²) in [4.78, 5) is 25.6. The molecule has 0 radical (unpaired) electrons. The molecule has 0 aliphatic rings. The minimum Gasteiger partial charge on any atom is -0.493 e. The third kappa shape index (κ3) is 5.86. The number of amides is 1. The van der Waals surface area contributed by atoms with Crippen LogP contribution < -0.4 is 14.9 Å². The molecule has 0 fully saturated rings. The highest BCUT2D eigenvalue weighted by molar-refractivity contribution is 6.30. The van der Waals surface area contributed by atoms with Crippen molar-refractivity contribution in [3.05, 3.63) is 130 Å². The number of rotatable bonds is 8. The Hall–Kier alpha value is -4.46. The van der Waals surface area contributed by atoms with Crippen LogP contribution in [-0.2, 0) is 10.4 Å². The number of carbonyl (C=O) groups excluding carboxylic acids is 2. The van der Waals surface area contributed by atoms with E-state index >= 15 is 0 Å². The van der Waals surface area contributed by atoms with E-state index in [0.717, 1.165) is 0 Å². The van der Waals surface area contributed by atoms with Crippen molar-refractivity contribution < 1.29 is 24.2 Å². The SMILES string of the molecule is COc1cc(C=NNC(=O)C(O)(c2ccccc2)c2ccccc2)ccc1OC(=O)c1ccc(Cl)cc1. The van der Waals surface area contributed by atoms with Crippen LogP contribution in [0.2, 0.25) is 5.02 Å². The van der Waals surface area contributed by atoms with Gasteiger partial charge in [0.05, 0.1) is 18.9 Å². The third-order valence-electron chi connectivity index (χ3n) is 5.56. The van der Waals surface area contributed by atoms with Crippen LogP contribution >= 0.6 is 11.6 Å². The van der Waals surface area contributed by atoms with E-state index in [1.54, 1.807) is 103 Å². The summed E-state index contributed by atoms with van der Waals surface area (Å²) in [7, 11) is 1.44. The zero-order chi connectivity index (χ0) is 26.3. The number of hydrogen-bond acceptors (Lipinski definition) is 6. The van der Waals surface area contributed by atoms with Gasteiger partial charge in [-0.15, -0.1) is 0 Å². The molecule has 1 amide bonds. The monoisotopic (exact) mass is 514 g/mol. The van der Waals surface area contributed by atoms with E-state index in [4.69, 9.17) is 21.1 Å². The average molecular weight is 515 g/mol. The molecule has 2 N–H and O–H groups in total. The second-order valence-electron chi connectivity index (χ2n) is 7.95. The highest BCUT2D eigenvalue weighted by atomic mass is 35.5. The van der Waals surface area contributed by atoms with Crippen molar-refractivity contribution in [2.45, 2.75) is 5.60 Å². The summed E-state index contributed by atoms with van der Waals surface area (Å²) in [6.07, 6.45) is 1.39. The molecule has 0 aromatic heterocycles. The first-order valence-corrected chi connectivity index (χ1v) is 11.6. The number of methoxy groups -OCH3 is 1. The standard InChI is InChI=1S/C29H23ClN2O5/c1-36-26-18-20(12-17-25(26)37-27(33)21-13-15-24(30)16-14-21)19-31-32-28(34)29(35,22-8-4-2-5-9-22)23-10-6-3-7-11-23/h2-19,35H,1H3,(H,32,34). The third-order valence-corrected chi connectivity index (χ3v) is 5.81. The number of ether oxygens (including phenoxy) is 2. The Labute approximate surface area is 218 Å². The van der Waals surface area contributed by atoms with Gasteiger partial charge in [0.2, 0.25) is 0 Å². The molecule has 0 aliphatic carbocycles. The van der Waals surface area contributed by atoms with Gasteiger partial charge in [0.25, 0.3) is 5.91 Å². The Bertz CT molecular complexity index is 1370. The molecule has 4 aromatic carbocycles. The number of benzene rings is 4. The van der Waals surface area contributed by atoms with Crippen LogP contribution in [0.25, 0.3) is 0 Å². The van der Waals surface area contributed by atoms with Gasteiger partial charge in [0.1, 0.15) is 0 Å². The average Bonchev–Trinajstić information content (AvgIpc) is 2.94. The van der Waals surface area contributed by atoms with Gasteiger partial charge in [-0.1, -0.05) is 72.3 Å². The van der Waals surface area contributed by atoms with E-state index in [1.165, 1.54) is 13.3 Å².